The Labute approximate surface area is 112 Å². The molecule has 1 aromatic carbocycles. The van der Waals surface area contributed by atoms with Crippen molar-refractivity contribution < 1.29 is 14.0 Å². The topological polar surface area (TPSA) is 101 Å². The molecule has 1 aliphatic rings. The maximum atomic E-state index is 13.7. The molecular weight excluding hydrogens is 265 g/mol. The van der Waals surface area contributed by atoms with E-state index in [1.54, 1.807) is 0 Å². The number of carbonyl (C=O) groups excluding carboxylic acids is 2. The monoisotopic (exact) mass is 275 g/mol. The first-order valence-electron chi connectivity index (χ1n) is 5.99. The van der Waals surface area contributed by atoms with Crippen LogP contribution < -0.4 is 5.32 Å². The third kappa shape index (κ3) is 2.27. The Hall–Kier alpha value is -2.64. The summed E-state index contributed by atoms with van der Waals surface area (Å²) in [6.45, 7) is 0. The van der Waals surface area contributed by atoms with Crippen molar-refractivity contribution in [3.8, 4) is 11.4 Å². The summed E-state index contributed by atoms with van der Waals surface area (Å²) in [6, 6.07) is 4.13. The van der Waals surface area contributed by atoms with Crippen LogP contribution in [0.25, 0.3) is 11.4 Å². The highest BCUT2D eigenvalue weighted by molar-refractivity contribution is 6.02. The van der Waals surface area contributed by atoms with E-state index in [0.717, 1.165) is 0 Å². The number of anilines is 1. The average molecular weight is 275 g/mol. The third-order valence-corrected chi connectivity index (χ3v) is 3.15. The number of nitrogens with zero attached hydrogens (tertiary/aromatic N) is 3. The molecule has 2 aromatic rings. The zero-order valence-corrected chi connectivity index (χ0v) is 10.3. The molecular formula is C12H10FN5O2. The van der Waals surface area contributed by atoms with Gasteiger partial charge in [-0.25, -0.2) is 4.39 Å². The van der Waals surface area contributed by atoms with E-state index in [1.807, 2.05) is 0 Å². The van der Waals surface area contributed by atoms with Crippen LogP contribution in [0.2, 0.25) is 0 Å². The van der Waals surface area contributed by atoms with Crippen molar-refractivity contribution in [3.05, 3.63) is 24.0 Å². The standard InChI is InChI=1S/C12H10FN5O2/c13-9-2-1-6(11-15-17-18-16-11)5-10(9)14-12(20)7-3-8(19)4-7/h1-2,5,7H,3-4H2,(H,14,20)(H,15,16,17,18). The lowest BCUT2D eigenvalue weighted by Gasteiger charge is -2.23. The fourth-order valence-corrected chi connectivity index (χ4v) is 1.95. The van der Waals surface area contributed by atoms with Gasteiger partial charge in [0.25, 0.3) is 0 Å². The Morgan fingerprint density at radius 1 is 1.40 bits per heavy atom. The van der Waals surface area contributed by atoms with Crippen molar-refractivity contribution >= 4 is 17.4 Å². The van der Waals surface area contributed by atoms with Gasteiger partial charge in [-0.1, -0.05) is 0 Å². The van der Waals surface area contributed by atoms with Crippen LogP contribution in [0.5, 0.6) is 0 Å². The van der Waals surface area contributed by atoms with Crippen LogP contribution in [-0.2, 0) is 9.59 Å². The summed E-state index contributed by atoms with van der Waals surface area (Å²) in [5.74, 6) is -0.925. The lowest BCUT2D eigenvalue weighted by Crippen LogP contribution is -2.34. The highest BCUT2D eigenvalue weighted by Gasteiger charge is 2.33. The maximum absolute atomic E-state index is 13.7. The largest absolute Gasteiger partial charge is 0.323 e. The first-order chi connectivity index (χ1) is 9.63. The molecule has 7 nitrogen and oxygen atoms in total. The van der Waals surface area contributed by atoms with Crippen LogP contribution in [0.15, 0.2) is 18.2 Å². The summed E-state index contributed by atoms with van der Waals surface area (Å²) < 4.78 is 13.7. The molecule has 2 N–H and O–H groups in total. The summed E-state index contributed by atoms with van der Waals surface area (Å²) in [5.41, 5.74) is 0.566. The van der Waals surface area contributed by atoms with E-state index in [0.29, 0.717) is 11.4 Å². The number of Topliss-reactive ketones (excluding diaryl/α,β-unsaturated/α-hetero) is 1. The zero-order valence-electron chi connectivity index (χ0n) is 10.3. The minimum atomic E-state index is -0.559. The lowest BCUT2D eigenvalue weighted by molar-refractivity contribution is -0.135. The van der Waals surface area contributed by atoms with Crippen molar-refractivity contribution in [2.75, 3.05) is 5.32 Å². The van der Waals surface area contributed by atoms with E-state index in [9.17, 15) is 14.0 Å². The van der Waals surface area contributed by atoms with Gasteiger partial charge in [0.05, 0.1) is 11.6 Å². The molecule has 1 amide bonds. The Bertz CT molecular complexity index is 662. The Kier molecular flexibility index (Phi) is 2.97. The van der Waals surface area contributed by atoms with Gasteiger partial charge in [0, 0.05) is 18.4 Å². The molecule has 3 rings (SSSR count). The Balaban J connectivity index is 1.80. The van der Waals surface area contributed by atoms with Gasteiger partial charge in [0.1, 0.15) is 11.6 Å². The van der Waals surface area contributed by atoms with Crippen LogP contribution in [0.4, 0.5) is 10.1 Å². The first kappa shape index (κ1) is 12.4. The van der Waals surface area contributed by atoms with Gasteiger partial charge in [-0.3, -0.25) is 9.59 Å². The summed E-state index contributed by atoms with van der Waals surface area (Å²) in [7, 11) is 0. The number of tetrazole rings is 1. The van der Waals surface area contributed by atoms with Gasteiger partial charge in [0.15, 0.2) is 0 Å². The van der Waals surface area contributed by atoms with Crippen molar-refractivity contribution in [3.63, 3.8) is 0 Å². The fourth-order valence-electron chi connectivity index (χ4n) is 1.95. The van der Waals surface area contributed by atoms with Gasteiger partial charge in [0.2, 0.25) is 11.7 Å². The molecule has 0 atom stereocenters. The first-order valence-corrected chi connectivity index (χ1v) is 5.99. The molecule has 1 aliphatic carbocycles. The number of aromatic nitrogens is 4. The summed E-state index contributed by atoms with van der Waals surface area (Å²) in [4.78, 5) is 22.7. The predicted octanol–water partition coefficient (Wildman–Crippen LogP) is 0.923. The smallest absolute Gasteiger partial charge is 0.228 e. The number of hydrogen-bond acceptors (Lipinski definition) is 5. The molecule has 0 unspecified atom stereocenters. The van der Waals surface area contributed by atoms with Gasteiger partial charge in [-0.05, 0) is 23.4 Å². The minimum absolute atomic E-state index is 0.0386. The number of hydrogen-bond donors (Lipinski definition) is 2. The van der Waals surface area contributed by atoms with E-state index in [1.165, 1.54) is 18.2 Å². The quantitative estimate of drug-likeness (QED) is 0.867. The van der Waals surface area contributed by atoms with Crippen molar-refractivity contribution in [2.45, 2.75) is 12.8 Å². The van der Waals surface area contributed by atoms with Crippen LogP contribution in [0.3, 0.4) is 0 Å². The van der Waals surface area contributed by atoms with Crippen LogP contribution in [0, 0.1) is 11.7 Å². The molecule has 0 spiro atoms. The molecule has 20 heavy (non-hydrogen) atoms. The summed E-state index contributed by atoms with van der Waals surface area (Å²) in [6.07, 6.45) is 0.440. The van der Waals surface area contributed by atoms with E-state index >= 15 is 0 Å². The molecule has 0 saturated heterocycles. The van der Waals surface area contributed by atoms with Crippen LogP contribution in [0.1, 0.15) is 12.8 Å². The van der Waals surface area contributed by atoms with Gasteiger partial charge < -0.3 is 5.32 Å². The molecule has 1 saturated carbocycles. The minimum Gasteiger partial charge on any atom is -0.323 e. The average Bonchev–Trinajstić information content (AvgIpc) is 2.91. The number of H-pyrrole nitrogens is 1. The highest BCUT2D eigenvalue weighted by atomic mass is 19.1. The maximum Gasteiger partial charge on any atom is 0.228 e. The second kappa shape index (κ2) is 4.80. The summed E-state index contributed by atoms with van der Waals surface area (Å²) >= 11 is 0. The molecule has 0 radical (unpaired) electrons. The van der Waals surface area contributed by atoms with E-state index in [-0.39, 0.29) is 36.1 Å². The number of carbonyl (C=O) groups is 2. The molecule has 102 valence electrons. The second-order valence-corrected chi connectivity index (χ2v) is 4.56. The number of ketones is 1. The number of rotatable bonds is 3. The van der Waals surface area contributed by atoms with Gasteiger partial charge in [-0.2, -0.15) is 5.21 Å². The highest BCUT2D eigenvalue weighted by Crippen LogP contribution is 2.26. The molecule has 1 aromatic heterocycles. The van der Waals surface area contributed by atoms with Crippen LogP contribution >= 0.6 is 0 Å². The molecule has 1 fully saturated rings. The fraction of sp³-hybridized carbons (Fsp3) is 0.250. The predicted molar refractivity (Wildman–Crippen MR) is 65.9 cm³/mol. The van der Waals surface area contributed by atoms with Gasteiger partial charge in [-0.15, -0.1) is 10.2 Å². The zero-order chi connectivity index (χ0) is 14.1. The van der Waals surface area contributed by atoms with E-state index < -0.39 is 5.82 Å². The molecule has 8 heteroatoms. The molecule has 0 bridgehead atoms. The molecule has 0 aliphatic heterocycles. The van der Waals surface area contributed by atoms with Crippen molar-refractivity contribution in [1.82, 2.24) is 20.6 Å². The van der Waals surface area contributed by atoms with Crippen molar-refractivity contribution in [1.29, 1.82) is 0 Å². The number of benzene rings is 1. The van der Waals surface area contributed by atoms with Gasteiger partial charge >= 0.3 is 0 Å². The lowest BCUT2D eigenvalue weighted by atomic mass is 9.83. The normalized spacial score (nSPS) is 14.9. The Morgan fingerprint density at radius 3 is 2.85 bits per heavy atom. The molecule has 1 heterocycles. The Morgan fingerprint density at radius 2 is 2.20 bits per heavy atom. The SMILES string of the molecule is O=C1CC(C(=O)Nc2cc(-c3nn[nH]n3)ccc2F)C1. The van der Waals surface area contributed by atoms with E-state index in [4.69, 9.17) is 0 Å². The second-order valence-electron chi connectivity index (χ2n) is 4.56. The van der Waals surface area contributed by atoms with E-state index in [2.05, 4.69) is 25.9 Å². The number of aromatic amines is 1. The number of nitrogens with one attached hydrogen (secondary N) is 2. The van der Waals surface area contributed by atoms with Crippen LogP contribution in [-0.4, -0.2) is 32.3 Å². The number of halogens is 1. The third-order valence-electron chi connectivity index (χ3n) is 3.15. The number of amides is 1. The van der Waals surface area contributed by atoms with Crippen molar-refractivity contribution in [2.24, 2.45) is 5.92 Å². The summed E-state index contributed by atoms with van der Waals surface area (Å²) in [5, 5.41) is 15.8.